The zero-order chi connectivity index (χ0) is 14.7. The molecule has 104 valence electrons. The number of hydrogen-bond acceptors (Lipinski definition) is 6. The highest BCUT2D eigenvalue weighted by Crippen LogP contribution is 2.29. The lowest BCUT2D eigenvalue weighted by atomic mass is 9.90. The molecule has 1 heterocycles. The molecule has 0 saturated heterocycles. The van der Waals surface area contributed by atoms with Crippen LogP contribution in [0.2, 0.25) is 0 Å². The number of hydrazone groups is 1. The summed E-state index contributed by atoms with van der Waals surface area (Å²) in [4.78, 5) is 22.2. The fraction of sp³-hybridized carbons (Fsp3) is 0.231. The topological polar surface area (TPSA) is 93.8 Å². The Kier molecular flexibility index (Phi) is 3.79. The molecule has 7 heteroatoms. The lowest BCUT2D eigenvalue weighted by Gasteiger charge is -2.21. The number of carbonyl (C=O) groups is 1. The van der Waals surface area contributed by atoms with Crippen LogP contribution in [0.3, 0.4) is 0 Å². The predicted octanol–water partition coefficient (Wildman–Crippen LogP) is 1.71. The summed E-state index contributed by atoms with van der Waals surface area (Å²) >= 11 is 0. The van der Waals surface area contributed by atoms with Crippen molar-refractivity contribution in [2.45, 2.75) is 12.8 Å². The summed E-state index contributed by atoms with van der Waals surface area (Å²) in [5, 5.41) is 14.8. The minimum atomic E-state index is -0.488. The summed E-state index contributed by atoms with van der Waals surface area (Å²) in [6.07, 6.45) is 1.53. The second kappa shape index (κ2) is 5.52. The average molecular weight is 275 g/mol. The van der Waals surface area contributed by atoms with Gasteiger partial charge in [0.25, 0.3) is 5.69 Å². The number of benzene rings is 1. The molecular weight excluding hydrogens is 262 g/mol. The van der Waals surface area contributed by atoms with Gasteiger partial charge in [0, 0.05) is 24.0 Å². The average Bonchev–Trinajstić information content (AvgIpc) is 2.46. The molecule has 0 unspecified atom stereocenters. The molecule has 1 aliphatic rings. The van der Waals surface area contributed by atoms with Crippen LogP contribution in [0.1, 0.15) is 18.4 Å². The van der Waals surface area contributed by atoms with Gasteiger partial charge in [-0.05, 0) is 12.5 Å². The Bertz CT molecular complexity index is 622. The third-order valence-electron chi connectivity index (χ3n) is 3.02. The first-order valence-corrected chi connectivity index (χ1v) is 5.87. The number of hydrogen-bond donors (Lipinski definition) is 1. The summed E-state index contributed by atoms with van der Waals surface area (Å²) < 4.78 is 4.76. The van der Waals surface area contributed by atoms with Crippen LogP contribution in [0, 0.1) is 10.1 Å². The Hall–Kier alpha value is -2.70. The third-order valence-corrected chi connectivity index (χ3v) is 3.02. The van der Waals surface area contributed by atoms with E-state index in [9.17, 15) is 14.9 Å². The van der Waals surface area contributed by atoms with Gasteiger partial charge in [-0.15, -0.1) is 0 Å². The number of nitrogens with one attached hydrogen (secondary N) is 1. The molecule has 1 N–H and O–H groups in total. The van der Waals surface area contributed by atoms with Gasteiger partial charge in [-0.25, -0.2) is 4.79 Å². The van der Waals surface area contributed by atoms with Gasteiger partial charge in [0.1, 0.15) is 0 Å². The Morgan fingerprint density at radius 2 is 2.25 bits per heavy atom. The normalized spacial score (nSPS) is 17.6. The van der Waals surface area contributed by atoms with Gasteiger partial charge >= 0.3 is 5.97 Å². The van der Waals surface area contributed by atoms with Gasteiger partial charge in [-0.3, -0.25) is 15.5 Å². The minimum absolute atomic E-state index is 0.0312. The van der Waals surface area contributed by atoms with Crippen molar-refractivity contribution in [1.82, 2.24) is 5.43 Å². The standard InChI is InChI=1S/C13H13N3O4/c1-8-12(13(17)20-2)11(7-14-15-8)9-4-3-5-10(6-9)16(18)19/h3-7,11,15H,1-2H3/t11-/m0/s1. The third kappa shape index (κ3) is 2.51. The number of carbonyl (C=O) groups excluding carboxylic acids is 1. The Morgan fingerprint density at radius 1 is 1.50 bits per heavy atom. The fourth-order valence-corrected chi connectivity index (χ4v) is 2.05. The van der Waals surface area contributed by atoms with Gasteiger partial charge in [0.15, 0.2) is 0 Å². The Morgan fingerprint density at radius 3 is 2.90 bits per heavy atom. The van der Waals surface area contributed by atoms with Crippen molar-refractivity contribution in [2.24, 2.45) is 5.10 Å². The number of nitro benzene ring substituents is 1. The van der Waals surface area contributed by atoms with Crippen molar-refractivity contribution in [1.29, 1.82) is 0 Å². The molecule has 20 heavy (non-hydrogen) atoms. The fourth-order valence-electron chi connectivity index (χ4n) is 2.05. The Balaban J connectivity index is 2.47. The van der Waals surface area contributed by atoms with E-state index in [4.69, 9.17) is 4.74 Å². The van der Waals surface area contributed by atoms with Crippen LogP contribution in [0.4, 0.5) is 5.69 Å². The Labute approximate surface area is 115 Å². The number of esters is 1. The van der Waals surface area contributed by atoms with Crippen LogP contribution in [-0.2, 0) is 9.53 Å². The number of nitrogens with zero attached hydrogens (tertiary/aromatic N) is 2. The van der Waals surface area contributed by atoms with Crippen LogP contribution < -0.4 is 5.43 Å². The number of rotatable bonds is 3. The minimum Gasteiger partial charge on any atom is -0.466 e. The molecule has 0 bridgehead atoms. The molecule has 0 fully saturated rings. The van der Waals surface area contributed by atoms with Crippen LogP contribution >= 0.6 is 0 Å². The molecule has 1 aromatic carbocycles. The van der Waals surface area contributed by atoms with Crippen molar-refractivity contribution in [2.75, 3.05) is 7.11 Å². The van der Waals surface area contributed by atoms with Crippen molar-refractivity contribution in [3.8, 4) is 0 Å². The second-order valence-corrected chi connectivity index (χ2v) is 4.25. The van der Waals surface area contributed by atoms with E-state index >= 15 is 0 Å². The summed E-state index contributed by atoms with van der Waals surface area (Å²) in [5.41, 5.74) is 4.24. The molecule has 2 rings (SSSR count). The highest BCUT2D eigenvalue weighted by Gasteiger charge is 2.28. The van der Waals surface area contributed by atoms with Gasteiger partial charge in [0.05, 0.1) is 23.5 Å². The monoisotopic (exact) mass is 275 g/mol. The molecule has 1 aromatic rings. The summed E-state index contributed by atoms with van der Waals surface area (Å²) in [6, 6.07) is 6.12. The number of allylic oxidation sites excluding steroid dienone is 1. The number of ether oxygens (including phenoxy) is 1. The van der Waals surface area contributed by atoms with Crippen LogP contribution in [-0.4, -0.2) is 24.2 Å². The van der Waals surface area contributed by atoms with Gasteiger partial charge in [-0.2, -0.15) is 5.10 Å². The summed E-state index contributed by atoms with van der Waals surface area (Å²) in [6.45, 7) is 1.70. The van der Waals surface area contributed by atoms with Crippen molar-refractivity contribution < 1.29 is 14.5 Å². The van der Waals surface area contributed by atoms with Gasteiger partial charge in [0.2, 0.25) is 0 Å². The van der Waals surface area contributed by atoms with E-state index in [1.54, 1.807) is 19.1 Å². The van der Waals surface area contributed by atoms with Gasteiger partial charge < -0.3 is 4.74 Å². The molecule has 1 aliphatic heterocycles. The van der Waals surface area contributed by atoms with Gasteiger partial charge in [-0.1, -0.05) is 12.1 Å². The molecule has 0 spiro atoms. The van der Waals surface area contributed by atoms with Crippen molar-refractivity contribution >= 4 is 17.9 Å². The molecule has 0 radical (unpaired) electrons. The second-order valence-electron chi connectivity index (χ2n) is 4.25. The maximum atomic E-state index is 11.9. The van der Waals surface area contributed by atoms with E-state index in [1.807, 2.05) is 0 Å². The van der Waals surface area contributed by atoms with Crippen LogP contribution in [0.15, 0.2) is 40.6 Å². The lowest BCUT2D eigenvalue weighted by molar-refractivity contribution is -0.384. The molecule has 1 atom stereocenters. The molecule has 0 aromatic heterocycles. The van der Waals surface area contributed by atoms with E-state index in [1.165, 1.54) is 25.5 Å². The highest BCUT2D eigenvalue weighted by atomic mass is 16.6. The first kappa shape index (κ1) is 13.7. The van der Waals surface area contributed by atoms with E-state index in [2.05, 4.69) is 10.5 Å². The van der Waals surface area contributed by atoms with Crippen molar-refractivity contribution in [3.05, 3.63) is 51.2 Å². The molecule has 0 saturated carbocycles. The highest BCUT2D eigenvalue weighted by molar-refractivity contribution is 5.97. The quantitative estimate of drug-likeness (QED) is 0.515. The first-order valence-electron chi connectivity index (χ1n) is 5.87. The number of non-ortho nitro benzene ring substituents is 1. The van der Waals surface area contributed by atoms with Crippen LogP contribution in [0.25, 0.3) is 0 Å². The lowest BCUT2D eigenvalue weighted by Crippen LogP contribution is -2.24. The largest absolute Gasteiger partial charge is 0.466 e. The zero-order valence-electron chi connectivity index (χ0n) is 11.0. The summed E-state index contributed by atoms with van der Waals surface area (Å²) in [7, 11) is 1.29. The summed E-state index contributed by atoms with van der Waals surface area (Å²) in [5.74, 6) is -0.957. The predicted molar refractivity (Wildman–Crippen MR) is 72.2 cm³/mol. The molecule has 0 aliphatic carbocycles. The molecular formula is C13H13N3O4. The smallest absolute Gasteiger partial charge is 0.336 e. The van der Waals surface area contributed by atoms with E-state index in [-0.39, 0.29) is 5.69 Å². The maximum Gasteiger partial charge on any atom is 0.336 e. The van der Waals surface area contributed by atoms with Crippen LogP contribution in [0.5, 0.6) is 0 Å². The number of nitro groups is 1. The number of methoxy groups -OCH3 is 1. The SMILES string of the molecule is COC(=O)C1=C(C)NN=C[C@H]1c1cccc([N+](=O)[O-])c1. The van der Waals surface area contributed by atoms with E-state index < -0.39 is 16.8 Å². The first-order chi connectivity index (χ1) is 9.54. The zero-order valence-corrected chi connectivity index (χ0v) is 11.0. The molecule has 7 nitrogen and oxygen atoms in total. The maximum absolute atomic E-state index is 11.9. The molecule has 0 amide bonds. The van der Waals surface area contributed by atoms with E-state index in [0.717, 1.165) is 0 Å². The van der Waals surface area contributed by atoms with E-state index in [0.29, 0.717) is 16.8 Å². The van der Waals surface area contributed by atoms with Crippen molar-refractivity contribution in [3.63, 3.8) is 0 Å².